The fourth-order valence-corrected chi connectivity index (χ4v) is 3.10. The van der Waals surface area contributed by atoms with Crippen LogP contribution in [0.25, 0.3) is 9.88 Å². The van der Waals surface area contributed by atoms with E-state index in [4.69, 9.17) is 4.74 Å². The molecular weight excluding hydrogens is 268 g/mol. The van der Waals surface area contributed by atoms with Crippen LogP contribution in [0.1, 0.15) is 17.4 Å². The summed E-state index contributed by atoms with van der Waals surface area (Å²) >= 11 is 3.10. The minimum absolute atomic E-state index is 0.0191. The van der Waals surface area contributed by atoms with Crippen molar-refractivity contribution in [2.45, 2.75) is 13.0 Å². The van der Waals surface area contributed by atoms with Gasteiger partial charge in [0.05, 0.1) is 11.5 Å². The molecule has 0 aliphatic heterocycles. The quantitative estimate of drug-likeness (QED) is 0.917. The van der Waals surface area contributed by atoms with E-state index in [0.29, 0.717) is 12.3 Å². The highest BCUT2D eigenvalue weighted by atomic mass is 32.1. The van der Waals surface area contributed by atoms with Gasteiger partial charge < -0.3 is 10.1 Å². The van der Waals surface area contributed by atoms with Gasteiger partial charge in [0.2, 0.25) is 0 Å². The molecule has 2 heterocycles. The van der Waals surface area contributed by atoms with Crippen LogP contribution in [0, 0.1) is 0 Å². The minimum atomic E-state index is -0.154. The number of thiophene rings is 1. The van der Waals surface area contributed by atoms with Gasteiger partial charge in [-0.3, -0.25) is 4.79 Å². The second-order valence-electron chi connectivity index (χ2n) is 3.85. The Hall–Kier alpha value is -1.24. The predicted molar refractivity (Wildman–Crippen MR) is 74.2 cm³/mol. The largest absolute Gasteiger partial charge is 0.383 e. The highest BCUT2D eigenvalue weighted by molar-refractivity contribution is 7.20. The molecule has 1 unspecified atom stereocenters. The smallest absolute Gasteiger partial charge is 0.271 e. The Balaban J connectivity index is 2.04. The standard InChI is InChI=1S/C12H14N2O2S2/c1-8(6-16-2)13-11(15)9-7-18-12(14-9)10-4-3-5-17-10/h3-5,7-8H,6H2,1-2H3,(H,13,15). The lowest BCUT2D eigenvalue weighted by Crippen LogP contribution is -2.35. The summed E-state index contributed by atoms with van der Waals surface area (Å²) in [5.41, 5.74) is 0.464. The van der Waals surface area contributed by atoms with Crippen LogP contribution in [0.3, 0.4) is 0 Å². The van der Waals surface area contributed by atoms with Crippen LogP contribution in [0.4, 0.5) is 0 Å². The summed E-state index contributed by atoms with van der Waals surface area (Å²) in [7, 11) is 1.61. The van der Waals surface area contributed by atoms with E-state index in [-0.39, 0.29) is 11.9 Å². The van der Waals surface area contributed by atoms with Crippen LogP contribution in [-0.2, 0) is 4.74 Å². The lowest BCUT2D eigenvalue weighted by molar-refractivity contribution is 0.0901. The van der Waals surface area contributed by atoms with E-state index in [1.165, 1.54) is 11.3 Å². The van der Waals surface area contributed by atoms with Gasteiger partial charge in [0.1, 0.15) is 10.7 Å². The lowest BCUT2D eigenvalue weighted by Gasteiger charge is -2.11. The lowest BCUT2D eigenvalue weighted by atomic mass is 10.3. The Labute approximate surface area is 114 Å². The molecule has 1 N–H and O–H groups in total. The van der Waals surface area contributed by atoms with E-state index in [0.717, 1.165) is 9.88 Å². The number of nitrogens with one attached hydrogen (secondary N) is 1. The topological polar surface area (TPSA) is 51.2 Å². The molecule has 4 nitrogen and oxygen atoms in total. The molecule has 0 aliphatic carbocycles. The number of carbonyl (C=O) groups excluding carboxylic acids is 1. The van der Waals surface area contributed by atoms with Crippen LogP contribution >= 0.6 is 22.7 Å². The van der Waals surface area contributed by atoms with E-state index in [9.17, 15) is 4.79 Å². The van der Waals surface area contributed by atoms with Crippen molar-refractivity contribution in [1.29, 1.82) is 0 Å². The first-order chi connectivity index (χ1) is 8.70. The van der Waals surface area contributed by atoms with Crippen LogP contribution in [0.2, 0.25) is 0 Å². The molecule has 18 heavy (non-hydrogen) atoms. The molecule has 0 fully saturated rings. The second kappa shape index (κ2) is 6.08. The number of hydrogen-bond acceptors (Lipinski definition) is 5. The van der Waals surface area contributed by atoms with E-state index >= 15 is 0 Å². The summed E-state index contributed by atoms with van der Waals surface area (Å²) in [4.78, 5) is 17.3. The maximum Gasteiger partial charge on any atom is 0.271 e. The molecule has 6 heteroatoms. The normalized spacial score (nSPS) is 12.3. The third-order valence-corrected chi connectivity index (χ3v) is 4.14. The van der Waals surface area contributed by atoms with Crippen molar-refractivity contribution in [3.63, 3.8) is 0 Å². The van der Waals surface area contributed by atoms with Gasteiger partial charge in [0.15, 0.2) is 0 Å². The molecular formula is C12H14N2O2S2. The molecule has 2 rings (SSSR count). The first-order valence-electron chi connectivity index (χ1n) is 5.50. The first kappa shape index (κ1) is 13.2. The van der Waals surface area contributed by atoms with Gasteiger partial charge in [-0.25, -0.2) is 4.98 Å². The number of ether oxygens (including phenoxy) is 1. The number of thiazole rings is 1. The van der Waals surface area contributed by atoms with Gasteiger partial charge in [-0.2, -0.15) is 0 Å². The van der Waals surface area contributed by atoms with E-state index in [1.54, 1.807) is 23.8 Å². The molecule has 0 radical (unpaired) electrons. The zero-order valence-corrected chi connectivity index (χ0v) is 11.8. The Kier molecular flexibility index (Phi) is 4.46. The zero-order chi connectivity index (χ0) is 13.0. The monoisotopic (exact) mass is 282 g/mol. The number of aromatic nitrogens is 1. The molecule has 0 aromatic carbocycles. The summed E-state index contributed by atoms with van der Waals surface area (Å²) in [5.74, 6) is -0.154. The molecule has 0 aliphatic rings. The fourth-order valence-electron chi connectivity index (χ4n) is 1.48. The summed E-state index contributed by atoms with van der Waals surface area (Å²) < 4.78 is 4.97. The summed E-state index contributed by atoms with van der Waals surface area (Å²) in [6, 6.07) is 3.95. The van der Waals surface area contributed by atoms with Gasteiger partial charge in [0.25, 0.3) is 5.91 Å². The molecule has 1 amide bonds. The Morgan fingerprint density at radius 1 is 1.56 bits per heavy atom. The van der Waals surface area contributed by atoms with Gasteiger partial charge in [0, 0.05) is 18.5 Å². The van der Waals surface area contributed by atoms with Crippen molar-refractivity contribution < 1.29 is 9.53 Å². The molecule has 1 atom stereocenters. The van der Waals surface area contributed by atoms with E-state index in [2.05, 4.69) is 10.3 Å². The highest BCUT2D eigenvalue weighted by Gasteiger charge is 2.14. The average molecular weight is 282 g/mol. The van der Waals surface area contributed by atoms with Crippen LogP contribution < -0.4 is 5.32 Å². The predicted octanol–water partition coefficient (Wildman–Crippen LogP) is 2.64. The number of hydrogen-bond donors (Lipinski definition) is 1. The van der Waals surface area contributed by atoms with Crippen molar-refractivity contribution in [3.8, 4) is 9.88 Å². The SMILES string of the molecule is COCC(C)NC(=O)c1csc(-c2cccs2)n1. The molecule has 0 bridgehead atoms. The third kappa shape index (κ3) is 3.16. The molecule has 0 saturated carbocycles. The van der Waals surface area contributed by atoms with Crippen LogP contribution in [0.15, 0.2) is 22.9 Å². The van der Waals surface area contributed by atoms with Crippen molar-refractivity contribution >= 4 is 28.6 Å². The van der Waals surface area contributed by atoms with Gasteiger partial charge in [-0.1, -0.05) is 6.07 Å². The highest BCUT2D eigenvalue weighted by Crippen LogP contribution is 2.27. The minimum Gasteiger partial charge on any atom is -0.383 e. The Morgan fingerprint density at radius 3 is 3.06 bits per heavy atom. The maximum atomic E-state index is 11.9. The van der Waals surface area contributed by atoms with Crippen molar-refractivity contribution in [1.82, 2.24) is 10.3 Å². The van der Waals surface area contributed by atoms with Gasteiger partial charge >= 0.3 is 0 Å². The molecule has 2 aromatic rings. The Bertz CT molecular complexity index is 508. The molecule has 2 aromatic heterocycles. The number of methoxy groups -OCH3 is 1. The van der Waals surface area contributed by atoms with E-state index < -0.39 is 0 Å². The van der Waals surface area contributed by atoms with Crippen molar-refractivity contribution in [3.05, 3.63) is 28.6 Å². The average Bonchev–Trinajstić information content (AvgIpc) is 3.00. The van der Waals surface area contributed by atoms with Crippen molar-refractivity contribution in [2.24, 2.45) is 0 Å². The van der Waals surface area contributed by atoms with Crippen molar-refractivity contribution in [2.75, 3.05) is 13.7 Å². The summed E-state index contributed by atoms with van der Waals surface area (Å²) in [5, 5.41) is 7.50. The molecule has 0 saturated heterocycles. The second-order valence-corrected chi connectivity index (χ2v) is 5.65. The zero-order valence-electron chi connectivity index (χ0n) is 10.2. The van der Waals surface area contributed by atoms with Crippen LogP contribution in [-0.4, -0.2) is 30.6 Å². The summed E-state index contributed by atoms with van der Waals surface area (Å²) in [6.07, 6.45) is 0. The molecule has 0 spiro atoms. The first-order valence-corrected chi connectivity index (χ1v) is 7.26. The van der Waals surface area contributed by atoms with Gasteiger partial charge in [-0.15, -0.1) is 22.7 Å². The fraction of sp³-hybridized carbons (Fsp3) is 0.333. The Morgan fingerprint density at radius 2 is 2.39 bits per heavy atom. The number of amides is 1. The van der Waals surface area contributed by atoms with Crippen LogP contribution in [0.5, 0.6) is 0 Å². The number of carbonyl (C=O) groups is 1. The third-order valence-electron chi connectivity index (χ3n) is 2.26. The summed E-state index contributed by atoms with van der Waals surface area (Å²) in [6.45, 7) is 2.39. The number of rotatable bonds is 5. The van der Waals surface area contributed by atoms with Gasteiger partial charge in [-0.05, 0) is 18.4 Å². The van der Waals surface area contributed by atoms with E-state index in [1.807, 2.05) is 24.4 Å². The molecule has 96 valence electrons. The maximum absolute atomic E-state index is 11.9. The number of nitrogens with zero attached hydrogens (tertiary/aromatic N) is 1.